The van der Waals surface area contributed by atoms with Crippen LogP contribution in [0.15, 0.2) is 77.6 Å². The second-order valence-corrected chi connectivity index (χ2v) is 8.22. The Balaban J connectivity index is 1.76. The number of benzene rings is 3. The van der Waals surface area contributed by atoms with Crippen LogP contribution in [0.1, 0.15) is 29.9 Å². The van der Waals surface area contributed by atoms with Crippen molar-refractivity contribution >= 4 is 22.6 Å². The monoisotopic (exact) mass is 480 g/mol. The predicted octanol–water partition coefficient (Wildman–Crippen LogP) is 5.94. The molecule has 0 fully saturated rings. The Labute approximate surface area is 199 Å². The van der Waals surface area contributed by atoms with E-state index in [0.717, 1.165) is 11.6 Å². The van der Waals surface area contributed by atoms with E-state index in [1.165, 1.54) is 34.7 Å². The lowest BCUT2D eigenvalue weighted by molar-refractivity contribution is -0.136. The lowest BCUT2D eigenvalue weighted by atomic mass is 10.1. The van der Waals surface area contributed by atoms with Crippen molar-refractivity contribution in [2.75, 3.05) is 12.4 Å². The Kier molecular flexibility index (Phi) is 6.34. The van der Waals surface area contributed by atoms with Gasteiger partial charge in [-0.25, -0.2) is 9.78 Å². The molecule has 1 atom stereocenters. The number of carbonyl (C=O) groups excluding carboxylic acids is 1. The van der Waals surface area contributed by atoms with Crippen LogP contribution in [0.4, 0.5) is 23.7 Å². The van der Waals surface area contributed by atoms with Crippen LogP contribution in [0.3, 0.4) is 0 Å². The molecule has 0 spiro atoms. The number of amides is 2. The van der Waals surface area contributed by atoms with Crippen LogP contribution < -0.4 is 10.9 Å². The number of hydrogen-bond acceptors (Lipinski definition) is 3. The molecule has 35 heavy (non-hydrogen) atoms. The second kappa shape index (κ2) is 9.25. The Morgan fingerprint density at radius 3 is 2.31 bits per heavy atom. The molecule has 1 heterocycles. The summed E-state index contributed by atoms with van der Waals surface area (Å²) in [6.07, 6.45) is -4.63. The lowest BCUT2D eigenvalue weighted by Crippen LogP contribution is -2.37. The first-order valence-corrected chi connectivity index (χ1v) is 10.9. The third-order valence-corrected chi connectivity index (χ3v) is 5.84. The Bertz CT molecular complexity index is 1450. The fourth-order valence-electron chi connectivity index (χ4n) is 3.77. The van der Waals surface area contributed by atoms with E-state index < -0.39 is 23.8 Å². The number of aromatic nitrogens is 2. The molecule has 0 radical (unpaired) electrons. The van der Waals surface area contributed by atoms with Crippen molar-refractivity contribution in [3.05, 3.63) is 100 Å². The zero-order chi connectivity index (χ0) is 25.3. The summed E-state index contributed by atoms with van der Waals surface area (Å²) >= 11 is 0. The van der Waals surface area contributed by atoms with Gasteiger partial charge in [-0.15, -0.1) is 0 Å². The standard InChI is InChI=1S/C26H23F3N4O2/c1-16-12-14-18(15-13-16)33-23(30-21-10-6-4-8-19(21)24(33)34)17(2)32(3)25(35)31-22-11-7-5-9-20(22)26(27,28)29/h4-15,17H,1-3H3,(H,31,35). The van der Waals surface area contributed by atoms with Gasteiger partial charge in [-0.05, 0) is 50.2 Å². The number of halogens is 3. The van der Waals surface area contributed by atoms with Gasteiger partial charge in [0.15, 0.2) is 0 Å². The van der Waals surface area contributed by atoms with Crippen LogP contribution in [0.5, 0.6) is 0 Å². The number of rotatable bonds is 4. The van der Waals surface area contributed by atoms with Gasteiger partial charge < -0.3 is 10.2 Å². The predicted molar refractivity (Wildman–Crippen MR) is 129 cm³/mol. The highest BCUT2D eigenvalue weighted by Gasteiger charge is 2.34. The summed E-state index contributed by atoms with van der Waals surface area (Å²) < 4.78 is 41.5. The van der Waals surface area contributed by atoms with Gasteiger partial charge in [-0.1, -0.05) is 42.0 Å². The Morgan fingerprint density at radius 2 is 1.63 bits per heavy atom. The number of carbonyl (C=O) groups is 1. The minimum atomic E-state index is -4.63. The van der Waals surface area contributed by atoms with Gasteiger partial charge in [-0.3, -0.25) is 9.36 Å². The fourth-order valence-corrected chi connectivity index (χ4v) is 3.77. The summed E-state index contributed by atoms with van der Waals surface area (Å²) in [6.45, 7) is 3.59. The third-order valence-electron chi connectivity index (χ3n) is 5.84. The van der Waals surface area contributed by atoms with Crippen LogP contribution in [0.25, 0.3) is 16.6 Å². The quantitative estimate of drug-likeness (QED) is 0.393. The van der Waals surface area contributed by atoms with Gasteiger partial charge in [0.25, 0.3) is 5.56 Å². The molecule has 1 N–H and O–H groups in total. The smallest absolute Gasteiger partial charge is 0.318 e. The van der Waals surface area contributed by atoms with Gasteiger partial charge >= 0.3 is 12.2 Å². The minimum absolute atomic E-state index is 0.277. The van der Waals surface area contributed by atoms with Gasteiger partial charge in [0.05, 0.1) is 33.9 Å². The van der Waals surface area contributed by atoms with E-state index in [1.807, 2.05) is 19.1 Å². The van der Waals surface area contributed by atoms with Crippen LogP contribution in [-0.4, -0.2) is 27.5 Å². The molecule has 4 aromatic rings. The largest absolute Gasteiger partial charge is 0.418 e. The Hall–Kier alpha value is -4.14. The van der Waals surface area contributed by atoms with Crippen molar-refractivity contribution in [1.82, 2.24) is 14.5 Å². The fraction of sp³-hybridized carbons (Fsp3) is 0.192. The summed E-state index contributed by atoms with van der Waals surface area (Å²) in [5.41, 5.74) is 0.416. The number of alkyl halides is 3. The van der Waals surface area contributed by atoms with Gasteiger partial charge in [0.2, 0.25) is 0 Å². The molecule has 0 aliphatic rings. The van der Waals surface area contributed by atoms with Crippen molar-refractivity contribution in [3.63, 3.8) is 0 Å². The van der Waals surface area contributed by atoms with Crippen molar-refractivity contribution in [2.24, 2.45) is 0 Å². The van der Waals surface area contributed by atoms with E-state index in [4.69, 9.17) is 0 Å². The molecular weight excluding hydrogens is 457 g/mol. The maximum atomic E-state index is 13.5. The number of para-hydroxylation sites is 2. The van der Waals surface area contributed by atoms with Crippen molar-refractivity contribution < 1.29 is 18.0 Å². The summed E-state index contributed by atoms with van der Waals surface area (Å²) in [7, 11) is 1.44. The van der Waals surface area contributed by atoms with E-state index >= 15 is 0 Å². The maximum Gasteiger partial charge on any atom is 0.418 e. The van der Waals surface area contributed by atoms with Gasteiger partial charge in [0, 0.05) is 7.05 Å². The summed E-state index contributed by atoms with van der Waals surface area (Å²) in [4.78, 5) is 32.3. The molecule has 2 amide bonds. The lowest BCUT2D eigenvalue weighted by Gasteiger charge is -2.27. The summed E-state index contributed by atoms with van der Waals surface area (Å²) in [6, 6.07) is 17.4. The highest BCUT2D eigenvalue weighted by Crippen LogP contribution is 2.35. The van der Waals surface area contributed by atoms with Crippen LogP contribution >= 0.6 is 0 Å². The number of anilines is 1. The molecule has 180 valence electrons. The van der Waals surface area contributed by atoms with Gasteiger partial charge in [0.1, 0.15) is 5.82 Å². The zero-order valence-corrected chi connectivity index (χ0v) is 19.3. The third kappa shape index (κ3) is 4.75. The molecule has 6 nitrogen and oxygen atoms in total. The molecule has 0 aliphatic carbocycles. The minimum Gasteiger partial charge on any atom is -0.318 e. The number of nitrogens with one attached hydrogen (secondary N) is 1. The summed E-state index contributed by atoms with van der Waals surface area (Å²) in [5.74, 6) is 0.277. The number of fused-ring (bicyclic) bond motifs is 1. The van der Waals surface area contributed by atoms with E-state index in [2.05, 4.69) is 10.3 Å². The molecule has 0 aliphatic heterocycles. The number of nitrogens with zero attached hydrogens (tertiary/aromatic N) is 3. The van der Waals surface area contributed by atoms with E-state index in [1.54, 1.807) is 43.3 Å². The second-order valence-electron chi connectivity index (χ2n) is 8.22. The topological polar surface area (TPSA) is 67.2 Å². The van der Waals surface area contributed by atoms with Crippen LogP contribution in [0, 0.1) is 6.92 Å². The molecule has 0 saturated carbocycles. The number of aryl methyl sites for hydroxylation is 1. The van der Waals surface area contributed by atoms with Crippen molar-refractivity contribution in [2.45, 2.75) is 26.1 Å². The highest BCUT2D eigenvalue weighted by molar-refractivity contribution is 5.90. The van der Waals surface area contributed by atoms with E-state index in [9.17, 15) is 22.8 Å². The molecular formula is C26H23F3N4O2. The summed E-state index contributed by atoms with van der Waals surface area (Å²) in [5, 5.41) is 2.75. The number of urea groups is 1. The molecule has 0 bridgehead atoms. The molecule has 3 aromatic carbocycles. The molecule has 1 aromatic heterocycles. The molecule has 9 heteroatoms. The van der Waals surface area contributed by atoms with E-state index in [-0.39, 0.29) is 17.1 Å². The molecule has 1 unspecified atom stereocenters. The van der Waals surface area contributed by atoms with Crippen LogP contribution in [-0.2, 0) is 6.18 Å². The first-order chi connectivity index (χ1) is 16.6. The van der Waals surface area contributed by atoms with Crippen LogP contribution in [0.2, 0.25) is 0 Å². The van der Waals surface area contributed by atoms with E-state index in [0.29, 0.717) is 16.6 Å². The number of hydrogen-bond donors (Lipinski definition) is 1. The van der Waals surface area contributed by atoms with Crippen molar-refractivity contribution in [3.8, 4) is 5.69 Å². The first kappa shape index (κ1) is 24.0. The van der Waals surface area contributed by atoms with Crippen molar-refractivity contribution in [1.29, 1.82) is 0 Å². The average Bonchev–Trinajstić information content (AvgIpc) is 2.83. The van der Waals surface area contributed by atoms with Gasteiger partial charge in [-0.2, -0.15) is 13.2 Å². The average molecular weight is 480 g/mol. The first-order valence-electron chi connectivity index (χ1n) is 10.9. The maximum absolute atomic E-state index is 13.5. The zero-order valence-electron chi connectivity index (χ0n) is 19.3. The SMILES string of the molecule is Cc1ccc(-n2c(C(C)N(C)C(=O)Nc3ccccc3C(F)(F)F)nc3ccccc3c2=O)cc1. The molecule has 0 saturated heterocycles. The molecule has 4 rings (SSSR count). The highest BCUT2D eigenvalue weighted by atomic mass is 19.4. The Morgan fingerprint density at radius 1 is 1.00 bits per heavy atom. The normalized spacial score (nSPS) is 12.4.